The third kappa shape index (κ3) is 8.30. The molecule has 2 amide bonds. The van der Waals surface area contributed by atoms with E-state index in [0.717, 1.165) is 12.1 Å². The number of hydrogen-bond acceptors (Lipinski definition) is 11. The highest BCUT2D eigenvalue weighted by molar-refractivity contribution is 6.41. The smallest absolute Gasteiger partial charge is 0.337 e. The minimum absolute atomic E-state index is 0.00895. The lowest BCUT2D eigenvalue weighted by molar-refractivity contribution is 0.0682. The molecule has 0 unspecified atom stereocenters. The first-order chi connectivity index (χ1) is 33.0. The molecule has 0 radical (unpaired) electrons. The fourth-order valence-electron chi connectivity index (χ4n) is 8.25. The summed E-state index contributed by atoms with van der Waals surface area (Å²) < 4.78 is 12.2. The molecule has 0 bridgehead atoms. The summed E-state index contributed by atoms with van der Waals surface area (Å²) in [5.74, 6) is -5.50. The van der Waals surface area contributed by atoms with Gasteiger partial charge >= 0.3 is 17.9 Å². The predicted octanol–water partition coefficient (Wildman–Crippen LogP) is 9.11. The van der Waals surface area contributed by atoms with Gasteiger partial charge in [-0.25, -0.2) is 14.4 Å². The molecule has 5 aromatic carbocycles. The van der Waals surface area contributed by atoms with Crippen molar-refractivity contribution in [2.24, 2.45) is 0 Å². The van der Waals surface area contributed by atoms with E-state index in [-0.39, 0.29) is 107 Å². The number of hydrogen-bond donors (Lipinski definition) is 8. The lowest BCUT2D eigenvalue weighted by Crippen LogP contribution is -2.24. The number of aromatic carboxylic acids is 3. The molecule has 0 saturated carbocycles. The first kappa shape index (κ1) is 45.2. The number of benzene rings is 7. The van der Waals surface area contributed by atoms with Gasteiger partial charge in [-0.2, -0.15) is 0 Å². The van der Waals surface area contributed by atoms with Gasteiger partial charge < -0.3 is 51.0 Å². The molecule has 342 valence electrons. The average Bonchev–Trinajstić information content (AvgIpc) is 3.31. The number of phenols is 1. The molecule has 16 nitrogen and oxygen atoms in total. The lowest BCUT2D eigenvalue weighted by Gasteiger charge is -2.20. The summed E-state index contributed by atoms with van der Waals surface area (Å²) in [6.07, 6.45) is 0. The fourth-order valence-corrected chi connectivity index (χ4v) is 8.86. The van der Waals surface area contributed by atoms with E-state index in [1.54, 1.807) is 36.4 Å². The summed E-state index contributed by atoms with van der Waals surface area (Å²) >= 11 is 13.6. The normalized spacial score (nSPS) is 11.3. The molecule has 5 aromatic rings. The fraction of sp³-hybridized carbons (Fsp3) is 0.0392. The molecule has 69 heavy (non-hydrogen) atoms. The van der Waals surface area contributed by atoms with E-state index in [2.05, 4.69) is 10.6 Å². The highest BCUT2D eigenvalue weighted by Gasteiger charge is 2.30. The number of carboxylic acid groups (broad SMARTS) is 3. The number of nitrogens with one attached hydrogen (secondary N) is 3. The van der Waals surface area contributed by atoms with Crippen LogP contribution in [0.5, 0.6) is 5.75 Å². The van der Waals surface area contributed by atoms with Gasteiger partial charge in [0.05, 0.1) is 49.8 Å². The second kappa shape index (κ2) is 17.7. The number of anilines is 1. The van der Waals surface area contributed by atoms with E-state index in [1.165, 1.54) is 66.7 Å². The van der Waals surface area contributed by atoms with Crippen LogP contribution in [0, 0.1) is 5.41 Å². The molecule has 0 atom stereocenters. The summed E-state index contributed by atoms with van der Waals surface area (Å²) in [7, 11) is 0. The van der Waals surface area contributed by atoms with Gasteiger partial charge in [-0.3, -0.25) is 14.4 Å². The van der Waals surface area contributed by atoms with E-state index < -0.39 is 40.7 Å². The van der Waals surface area contributed by atoms with Gasteiger partial charge in [0, 0.05) is 74.6 Å². The first-order valence-electron chi connectivity index (χ1n) is 20.5. The minimum atomic E-state index is -1.46. The molecule has 4 aliphatic rings. The molecule has 2 aliphatic carbocycles. The summed E-state index contributed by atoms with van der Waals surface area (Å²) in [6, 6.07) is 26.9. The summed E-state index contributed by atoms with van der Waals surface area (Å²) in [5.41, 5.74) is 7.23. The second-order valence-electron chi connectivity index (χ2n) is 15.7. The van der Waals surface area contributed by atoms with Crippen molar-refractivity contribution in [3.63, 3.8) is 0 Å². The van der Waals surface area contributed by atoms with Crippen LogP contribution in [-0.4, -0.2) is 50.1 Å². The van der Waals surface area contributed by atoms with E-state index in [1.807, 2.05) is 0 Å². The number of amides is 2. The molecular weight excluding hydrogens is 931 g/mol. The molecule has 2 aliphatic heterocycles. The minimum Gasteiger partial charge on any atom is -0.507 e. The van der Waals surface area contributed by atoms with Crippen molar-refractivity contribution < 1.29 is 53.2 Å². The molecule has 9 N–H and O–H groups in total. The molecule has 0 spiro atoms. The molecule has 2 heterocycles. The highest BCUT2D eigenvalue weighted by atomic mass is 35.5. The second-order valence-corrected chi connectivity index (χ2v) is 16.5. The number of rotatable bonds is 11. The van der Waals surface area contributed by atoms with Crippen molar-refractivity contribution in [2.45, 2.75) is 13.1 Å². The van der Waals surface area contributed by atoms with Gasteiger partial charge in [-0.05, 0) is 96.1 Å². The SMILES string of the molecule is N=c1ccc2c(-c3c(Cl)cc(C(=O)NCc4ccc(C(=O)NCc5c(O)ccc6c(-c7cc(C(=O)O)ccc7C(=O)O)c7ccc(=O)cc-7oc56)cc4)c(Cl)c3C(=O)O)c3ccc(N)cc3oc-2c1. The van der Waals surface area contributed by atoms with Crippen molar-refractivity contribution >= 4 is 80.6 Å². The summed E-state index contributed by atoms with van der Waals surface area (Å²) in [6.45, 7) is -0.406. The Morgan fingerprint density at radius 1 is 0.609 bits per heavy atom. The lowest BCUT2D eigenvalue weighted by atomic mass is 9.89. The van der Waals surface area contributed by atoms with Crippen LogP contribution in [0.15, 0.2) is 129 Å². The Morgan fingerprint density at radius 3 is 2.01 bits per heavy atom. The van der Waals surface area contributed by atoms with Crippen LogP contribution in [0.2, 0.25) is 10.0 Å². The van der Waals surface area contributed by atoms with Crippen LogP contribution in [0.25, 0.3) is 66.8 Å². The number of phenolic OH excluding ortho intramolecular Hbond substituents is 1. The number of fused-ring (bicyclic) bond motifs is 4. The van der Waals surface area contributed by atoms with Gasteiger partial charge in [-0.1, -0.05) is 35.3 Å². The van der Waals surface area contributed by atoms with Gasteiger partial charge in [0.1, 0.15) is 28.4 Å². The third-order valence-electron chi connectivity index (χ3n) is 11.5. The molecule has 0 aromatic heterocycles. The van der Waals surface area contributed by atoms with E-state index in [4.69, 9.17) is 43.2 Å². The number of nitrogen functional groups attached to an aromatic ring is 1. The maximum Gasteiger partial charge on any atom is 0.337 e. The van der Waals surface area contributed by atoms with Crippen LogP contribution in [-0.2, 0) is 13.1 Å². The van der Waals surface area contributed by atoms with Crippen LogP contribution in [0.1, 0.15) is 62.9 Å². The third-order valence-corrected chi connectivity index (χ3v) is 12.2. The standard InChI is InChI=1S/C51H32Cl2N4O12/c52-36-19-34(45(53)44(51(66)67)43(36)42-30-10-6-25(54)16-38(30)68-39-17-26(55)7-11-31(39)42)48(61)56-20-22-1-3-23(4-2-22)47(60)57-21-35-37(59)14-13-32-41(29-12-8-27(58)18-40(29)69-46(32)35)33-15-24(49(62)63)5-9-28(33)50(64)65/h1-19,54,59H,20-21,55H2,(H,56,61)(H,57,60)(H,62,63)(H,64,65)(H,66,67). The highest BCUT2D eigenvalue weighted by Crippen LogP contribution is 2.47. The van der Waals surface area contributed by atoms with Gasteiger partial charge in [0.15, 0.2) is 5.43 Å². The van der Waals surface area contributed by atoms with Crippen LogP contribution < -0.4 is 27.2 Å². The van der Waals surface area contributed by atoms with Crippen molar-refractivity contribution in [1.82, 2.24) is 10.6 Å². The number of nitrogens with two attached hydrogens (primary N) is 1. The Hall–Kier alpha value is -8.99. The van der Waals surface area contributed by atoms with E-state index >= 15 is 0 Å². The Bertz CT molecular complexity index is 3750. The van der Waals surface area contributed by atoms with Crippen LogP contribution in [0.3, 0.4) is 0 Å². The van der Waals surface area contributed by atoms with E-state index in [9.17, 15) is 49.2 Å². The van der Waals surface area contributed by atoms with Crippen molar-refractivity contribution in [3.8, 4) is 50.7 Å². The molecule has 18 heteroatoms. The topological polar surface area (TPSA) is 284 Å². The zero-order valence-electron chi connectivity index (χ0n) is 35.3. The Morgan fingerprint density at radius 2 is 1.29 bits per heavy atom. The number of aromatic hydroxyl groups is 1. The van der Waals surface area contributed by atoms with Crippen molar-refractivity contribution in [2.75, 3.05) is 5.73 Å². The molecular formula is C51H32Cl2N4O12. The zero-order chi connectivity index (χ0) is 49.0. The number of carboxylic acids is 3. The van der Waals surface area contributed by atoms with Crippen molar-refractivity contribution in [3.05, 3.63) is 180 Å². The zero-order valence-corrected chi connectivity index (χ0v) is 36.8. The Balaban J connectivity index is 0.968. The average molecular weight is 964 g/mol. The van der Waals surface area contributed by atoms with Gasteiger partial charge in [-0.15, -0.1) is 0 Å². The molecule has 9 rings (SSSR count). The molecule has 0 fully saturated rings. The molecule has 0 saturated heterocycles. The number of halogens is 2. The maximum absolute atomic E-state index is 13.7. The first-order valence-corrected chi connectivity index (χ1v) is 21.3. The van der Waals surface area contributed by atoms with E-state index in [0.29, 0.717) is 33.3 Å². The van der Waals surface area contributed by atoms with Crippen molar-refractivity contribution in [1.29, 1.82) is 5.41 Å². The summed E-state index contributed by atoms with van der Waals surface area (Å²) in [4.78, 5) is 76.9. The van der Waals surface area contributed by atoms with Crippen LogP contribution >= 0.6 is 23.2 Å². The van der Waals surface area contributed by atoms with Crippen LogP contribution in [0.4, 0.5) is 5.69 Å². The Kier molecular flexibility index (Phi) is 11.6. The Labute approximate surface area is 397 Å². The van der Waals surface area contributed by atoms with Gasteiger partial charge in [0.25, 0.3) is 11.8 Å². The van der Waals surface area contributed by atoms with Gasteiger partial charge in [0.2, 0.25) is 0 Å². The maximum atomic E-state index is 13.7. The summed E-state index contributed by atoms with van der Waals surface area (Å²) in [5, 5.41) is 55.3. The predicted molar refractivity (Wildman–Crippen MR) is 254 cm³/mol. The monoisotopic (exact) mass is 962 g/mol. The largest absolute Gasteiger partial charge is 0.507 e. The quantitative estimate of drug-likeness (QED) is 0.0444. The number of carbonyl (C=O) groups excluding carboxylic acids is 2. The number of carbonyl (C=O) groups is 5.